The van der Waals surface area contributed by atoms with E-state index in [9.17, 15) is 4.79 Å². The average molecular weight is 332 g/mol. The summed E-state index contributed by atoms with van der Waals surface area (Å²) in [6.07, 6.45) is -0.534. The van der Waals surface area contributed by atoms with Crippen molar-refractivity contribution >= 4 is 17.5 Å². The Balaban J connectivity index is 2.14. The van der Waals surface area contributed by atoms with E-state index in [-0.39, 0.29) is 0 Å². The Morgan fingerprint density at radius 2 is 2.08 bits per heavy atom. The van der Waals surface area contributed by atoms with E-state index in [1.54, 1.807) is 26.8 Å². The average Bonchev–Trinajstić information content (AvgIpc) is 2.46. The van der Waals surface area contributed by atoms with Gasteiger partial charge in [-0.15, -0.1) is 0 Å². The Hall–Kier alpha value is -2.28. The largest absolute Gasteiger partial charge is 0.444 e. The molecule has 1 aromatic carbocycles. The van der Waals surface area contributed by atoms with Crippen molar-refractivity contribution in [3.63, 3.8) is 0 Å². The molecule has 1 aliphatic heterocycles. The third-order valence-corrected chi connectivity index (χ3v) is 3.40. The van der Waals surface area contributed by atoms with Gasteiger partial charge in [0, 0.05) is 49.0 Å². The number of anilines is 1. The maximum atomic E-state index is 11.9. The molecular formula is C16H24N6O2. The van der Waals surface area contributed by atoms with Crippen LogP contribution < -0.4 is 10.6 Å². The molecule has 2 N–H and O–H groups in total. The summed E-state index contributed by atoms with van der Waals surface area (Å²) in [5, 5.41) is 9.67. The van der Waals surface area contributed by atoms with E-state index in [2.05, 4.69) is 25.6 Å². The van der Waals surface area contributed by atoms with Crippen molar-refractivity contribution in [1.82, 2.24) is 10.2 Å². The number of piperazine rings is 1. The Labute approximate surface area is 141 Å². The smallest absolute Gasteiger partial charge is 0.412 e. The van der Waals surface area contributed by atoms with Crippen molar-refractivity contribution < 1.29 is 9.53 Å². The first-order chi connectivity index (χ1) is 11.4. The lowest BCUT2D eigenvalue weighted by atomic mass is 10.1. The Morgan fingerprint density at radius 1 is 1.38 bits per heavy atom. The highest BCUT2D eigenvalue weighted by atomic mass is 16.6. The zero-order chi connectivity index (χ0) is 17.6. The molecule has 0 spiro atoms. The number of rotatable bonds is 4. The molecule has 0 bridgehead atoms. The molecule has 24 heavy (non-hydrogen) atoms. The molecule has 1 heterocycles. The van der Waals surface area contributed by atoms with E-state index in [1.807, 2.05) is 12.1 Å². The van der Waals surface area contributed by atoms with E-state index >= 15 is 0 Å². The van der Waals surface area contributed by atoms with Gasteiger partial charge in [0.1, 0.15) is 5.60 Å². The summed E-state index contributed by atoms with van der Waals surface area (Å²) < 4.78 is 5.26. The molecule has 0 aliphatic carbocycles. The molecule has 0 unspecified atom stereocenters. The van der Waals surface area contributed by atoms with E-state index < -0.39 is 11.7 Å². The van der Waals surface area contributed by atoms with Crippen LogP contribution in [0.2, 0.25) is 0 Å². The monoisotopic (exact) mass is 332 g/mol. The topological polar surface area (TPSA) is 102 Å². The van der Waals surface area contributed by atoms with Gasteiger partial charge in [-0.3, -0.25) is 10.2 Å². The van der Waals surface area contributed by atoms with E-state index in [1.165, 1.54) is 0 Å². The molecule has 1 saturated heterocycles. The Bertz CT molecular complexity index is 628. The van der Waals surface area contributed by atoms with Crippen LogP contribution in [0.4, 0.5) is 16.2 Å². The number of hydrogen-bond acceptors (Lipinski definition) is 5. The van der Waals surface area contributed by atoms with Crippen LogP contribution in [0.5, 0.6) is 0 Å². The van der Waals surface area contributed by atoms with Crippen molar-refractivity contribution in [1.29, 1.82) is 0 Å². The first-order valence-electron chi connectivity index (χ1n) is 7.98. The zero-order valence-electron chi connectivity index (χ0n) is 14.4. The second-order valence-electron chi connectivity index (χ2n) is 6.73. The van der Waals surface area contributed by atoms with Crippen molar-refractivity contribution in [3.05, 3.63) is 34.2 Å². The molecule has 1 aromatic rings. The van der Waals surface area contributed by atoms with Crippen LogP contribution >= 0.6 is 0 Å². The lowest BCUT2D eigenvalue weighted by Gasteiger charge is -2.27. The van der Waals surface area contributed by atoms with Crippen LogP contribution in [0, 0.1) is 0 Å². The lowest BCUT2D eigenvalue weighted by Crippen LogP contribution is -2.42. The van der Waals surface area contributed by atoms with Crippen LogP contribution in [0.3, 0.4) is 0 Å². The van der Waals surface area contributed by atoms with Crippen molar-refractivity contribution in [2.45, 2.75) is 32.9 Å². The lowest BCUT2D eigenvalue weighted by molar-refractivity contribution is 0.0636. The van der Waals surface area contributed by atoms with Gasteiger partial charge in [-0.1, -0.05) is 5.11 Å². The first kappa shape index (κ1) is 18.1. The predicted molar refractivity (Wildman–Crippen MR) is 93.3 cm³/mol. The van der Waals surface area contributed by atoms with Crippen molar-refractivity contribution in [2.75, 3.05) is 31.5 Å². The van der Waals surface area contributed by atoms with Crippen molar-refractivity contribution in [2.24, 2.45) is 5.11 Å². The van der Waals surface area contributed by atoms with Gasteiger partial charge in [-0.05, 0) is 50.1 Å². The Morgan fingerprint density at radius 3 is 2.71 bits per heavy atom. The summed E-state index contributed by atoms with van der Waals surface area (Å²) in [6, 6.07) is 5.34. The highest BCUT2D eigenvalue weighted by molar-refractivity contribution is 5.85. The van der Waals surface area contributed by atoms with Crippen LogP contribution in [-0.4, -0.2) is 42.8 Å². The molecule has 0 aromatic heterocycles. The van der Waals surface area contributed by atoms with Gasteiger partial charge >= 0.3 is 6.09 Å². The maximum Gasteiger partial charge on any atom is 0.412 e. The molecule has 0 radical (unpaired) electrons. The summed E-state index contributed by atoms with van der Waals surface area (Å²) in [6.45, 7) is 9.98. The van der Waals surface area contributed by atoms with Crippen LogP contribution in [0.15, 0.2) is 23.3 Å². The van der Waals surface area contributed by atoms with Gasteiger partial charge < -0.3 is 10.1 Å². The van der Waals surface area contributed by atoms with E-state index in [0.29, 0.717) is 11.4 Å². The highest BCUT2D eigenvalue weighted by Crippen LogP contribution is 2.23. The molecule has 1 aliphatic rings. The van der Waals surface area contributed by atoms with E-state index in [4.69, 9.17) is 10.3 Å². The molecule has 8 nitrogen and oxygen atoms in total. The number of nitrogens with zero attached hydrogens (tertiary/aromatic N) is 4. The third kappa shape index (κ3) is 6.08. The predicted octanol–water partition coefficient (Wildman–Crippen LogP) is 3.38. The molecule has 0 saturated carbocycles. The Kier molecular flexibility index (Phi) is 6.03. The zero-order valence-corrected chi connectivity index (χ0v) is 14.4. The minimum Gasteiger partial charge on any atom is -0.444 e. The number of ether oxygens (including phenoxy) is 1. The van der Waals surface area contributed by atoms with Gasteiger partial charge in [0.2, 0.25) is 0 Å². The fraction of sp³-hybridized carbons (Fsp3) is 0.562. The number of nitrogens with one attached hydrogen (secondary N) is 2. The van der Waals surface area contributed by atoms with Crippen LogP contribution in [-0.2, 0) is 11.3 Å². The molecule has 0 atom stereocenters. The normalized spacial score (nSPS) is 15.5. The van der Waals surface area contributed by atoms with Crippen molar-refractivity contribution in [3.8, 4) is 0 Å². The number of amides is 1. The minimum absolute atomic E-state index is 0.469. The fourth-order valence-corrected chi connectivity index (χ4v) is 2.50. The number of carbonyl (C=O) groups is 1. The van der Waals surface area contributed by atoms with Crippen LogP contribution in [0.1, 0.15) is 26.3 Å². The molecular weight excluding hydrogens is 308 g/mol. The third-order valence-electron chi connectivity index (χ3n) is 3.40. The summed E-state index contributed by atoms with van der Waals surface area (Å²) >= 11 is 0. The second-order valence-corrected chi connectivity index (χ2v) is 6.73. The maximum absolute atomic E-state index is 11.9. The quantitative estimate of drug-likeness (QED) is 0.501. The van der Waals surface area contributed by atoms with E-state index in [0.717, 1.165) is 38.3 Å². The van der Waals surface area contributed by atoms with Gasteiger partial charge in [0.25, 0.3) is 0 Å². The number of azide groups is 1. The van der Waals surface area contributed by atoms with Gasteiger partial charge in [-0.25, -0.2) is 4.79 Å². The van der Waals surface area contributed by atoms with Crippen LogP contribution in [0.25, 0.3) is 10.4 Å². The number of benzene rings is 1. The van der Waals surface area contributed by atoms with Gasteiger partial charge in [0.15, 0.2) is 0 Å². The SMILES string of the molecule is CC(C)(C)OC(=O)Nc1cc(CN2CCNCC2)cc(N=[N+]=[N-])c1. The first-order valence-corrected chi connectivity index (χ1v) is 7.98. The standard InChI is InChI=1S/C16H24N6O2/c1-16(2,3)24-15(23)19-13-8-12(9-14(10-13)20-21-17)11-22-6-4-18-5-7-22/h8-10,18H,4-7,11H2,1-3H3,(H,19,23). The summed E-state index contributed by atoms with van der Waals surface area (Å²) in [5.41, 5.74) is 10.1. The minimum atomic E-state index is -0.573. The molecule has 1 fully saturated rings. The second kappa shape index (κ2) is 8.01. The number of carbonyl (C=O) groups excluding carboxylic acids is 1. The molecule has 8 heteroatoms. The van der Waals surface area contributed by atoms with Gasteiger partial charge in [-0.2, -0.15) is 0 Å². The summed E-state index contributed by atoms with van der Waals surface area (Å²) in [5.74, 6) is 0. The summed E-state index contributed by atoms with van der Waals surface area (Å²) in [4.78, 5) is 17.1. The molecule has 2 rings (SSSR count). The number of hydrogen-bond donors (Lipinski definition) is 2. The molecule has 1 amide bonds. The van der Waals surface area contributed by atoms with Gasteiger partial charge in [0.05, 0.1) is 0 Å². The molecule has 130 valence electrons. The summed E-state index contributed by atoms with van der Waals surface area (Å²) in [7, 11) is 0. The highest BCUT2D eigenvalue weighted by Gasteiger charge is 2.17. The fourth-order valence-electron chi connectivity index (χ4n) is 2.50.